The quantitative estimate of drug-likeness (QED) is 0.674. The Morgan fingerprint density at radius 1 is 1.29 bits per heavy atom. The summed E-state index contributed by atoms with van der Waals surface area (Å²) in [6.07, 6.45) is 0.263. The molecule has 1 nitrogen and oxygen atoms in total. The Balaban J connectivity index is 2.32. The molecule has 14 heavy (non-hydrogen) atoms. The van der Waals surface area contributed by atoms with Crippen LogP contribution in [0.2, 0.25) is 0 Å². The third-order valence-corrected chi connectivity index (χ3v) is 2.62. The van der Waals surface area contributed by atoms with E-state index in [1.165, 1.54) is 0 Å². The van der Waals surface area contributed by atoms with E-state index >= 15 is 0 Å². The van der Waals surface area contributed by atoms with Gasteiger partial charge in [0.25, 0.3) is 5.92 Å². The smallest absolute Gasteiger partial charge is 0.252 e. The standard InChI is InChI=1S/C11H12F2O/c1-14-10-3-2-9-7-11(12,13)5-4-8(9)6-10/h2-3,6H,4-5,7H2,1H3. The summed E-state index contributed by atoms with van der Waals surface area (Å²) in [7, 11) is 1.58. The molecule has 0 radical (unpaired) electrons. The van der Waals surface area contributed by atoms with E-state index in [-0.39, 0.29) is 12.8 Å². The van der Waals surface area contributed by atoms with Gasteiger partial charge in [-0.15, -0.1) is 0 Å². The van der Waals surface area contributed by atoms with Crippen molar-refractivity contribution in [3.63, 3.8) is 0 Å². The first kappa shape index (κ1) is 9.44. The molecule has 0 unspecified atom stereocenters. The number of halogens is 2. The summed E-state index contributed by atoms with van der Waals surface area (Å²) in [5, 5.41) is 0. The van der Waals surface area contributed by atoms with Gasteiger partial charge in [-0.25, -0.2) is 8.78 Å². The van der Waals surface area contributed by atoms with E-state index in [0.29, 0.717) is 6.42 Å². The van der Waals surface area contributed by atoms with Crippen LogP contribution in [0.5, 0.6) is 5.75 Å². The monoisotopic (exact) mass is 198 g/mol. The van der Waals surface area contributed by atoms with Gasteiger partial charge < -0.3 is 4.74 Å². The number of hydrogen-bond donors (Lipinski definition) is 0. The summed E-state index contributed by atoms with van der Waals surface area (Å²) >= 11 is 0. The van der Waals surface area contributed by atoms with Crippen molar-refractivity contribution in [1.29, 1.82) is 0 Å². The van der Waals surface area contributed by atoms with Crippen LogP contribution in [0.25, 0.3) is 0 Å². The minimum absolute atomic E-state index is 0.0484. The lowest BCUT2D eigenvalue weighted by Gasteiger charge is -2.24. The minimum atomic E-state index is -2.53. The first-order chi connectivity index (χ1) is 6.61. The van der Waals surface area contributed by atoms with Crippen LogP contribution in [0.4, 0.5) is 8.78 Å². The molecule has 0 saturated heterocycles. The second-order valence-electron chi connectivity index (χ2n) is 3.67. The van der Waals surface area contributed by atoms with Crippen LogP contribution >= 0.6 is 0 Å². The largest absolute Gasteiger partial charge is 0.497 e. The van der Waals surface area contributed by atoms with Gasteiger partial charge in [0.1, 0.15) is 5.75 Å². The Morgan fingerprint density at radius 3 is 2.79 bits per heavy atom. The van der Waals surface area contributed by atoms with Crippen LogP contribution in [0.15, 0.2) is 18.2 Å². The molecule has 0 aliphatic heterocycles. The van der Waals surface area contributed by atoms with Crippen LogP contribution in [0, 0.1) is 0 Å². The van der Waals surface area contributed by atoms with Gasteiger partial charge in [0, 0.05) is 12.8 Å². The summed E-state index contributed by atoms with van der Waals surface area (Å²) in [4.78, 5) is 0. The van der Waals surface area contributed by atoms with Crippen molar-refractivity contribution in [1.82, 2.24) is 0 Å². The third-order valence-electron chi connectivity index (χ3n) is 2.62. The zero-order chi connectivity index (χ0) is 10.2. The highest BCUT2D eigenvalue weighted by Gasteiger charge is 2.33. The molecule has 0 atom stereocenters. The normalized spacial score (nSPS) is 18.8. The zero-order valence-corrected chi connectivity index (χ0v) is 8.02. The fraction of sp³-hybridized carbons (Fsp3) is 0.455. The number of benzene rings is 1. The number of methoxy groups -OCH3 is 1. The van der Waals surface area contributed by atoms with Gasteiger partial charge >= 0.3 is 0 Å². The Bertz CT molecular complexity index is 347. The molecular weight excluding hydrogens is 186 g/mol. The molecule has 1 aromatic rings. The highest BCUT2D eigenvalue weighted by atomic mass is 19.3. The first-order valence-electron chi connectivity index (χ1n) is 4.64. The predicted octanol–water partition coefficient (Wildman–Crippen LogP) is 2.82. The third kappa shape index (κ3) is 1.72. The van der Waals surface area contributed by atoms with E-state index in [4.69, 9.17) is 4.74 Å². The lowest BCUT2D eigenvalue weighted by Crippen LogP contribution is -2.25. The first-order valence-corrected chi connectivity index (χ1v) is 4.64. The fourth-order valence-electron chi connectivity index (χ4n) is 1.82. The molecule has 3 heteroatoms. The number of rotatable bonds is 1. The maximum atomic E-state index is 13.0. The molecule has 0 N–H and O–H groups in total. The molecule has 1 aliphatic carbocycles. The summed E-state index contributed by atoms with van der Waals surface area (Å²) in [6, 6.07) is 5.33. The molecule has 0 fully saturated rings. The van der Waals surface area contributed by atoms with Gasteiger partial charge in [-0.1, -0.05) is 6.07 Å². The van der Waals surface area contributed by atoms with Crippen LogP contribution in [0.1, 0.15) is 17.5 Å². The molecule has 1 aliphatic rings. The van der Waals surface area contributed by atoms with Crippen LogP contribution < -0.4 is 4.74 Å². The van der Waals surface area contributed by atoms with Gasteiger partial charge in [-0.05, 0) is 29.7 Å². The highest BCUT2D eigenvalue weighted by molar-refractivity contribution is 5.38. The van der Waals surface area contributed by atoms with E-state index in [1.807, 2.05) is 6.07 Å². The molecule has 2 rings (SSSR count). The van der Waals surface area contributed by atoms with Crippen molar-refractivity contribution in [3.05, 3.63) is 29.3 Å². The van der Waals surface area contributed by atoms with Crippen molar-refractivity contribution in [2.75, 3.05) is 7.11 Å². The molecule has 0 saturated carbocycles. The van der Waals surface area contributed by atoms with E-state index < -0.39 is 5.92 Å². The Hall–Kier alpha value is -1.12. The maximum Gasteiger partial charge on any atom is 0.252 e. The SMILES string of the molecule is COc1ccc2c(c1)CCC(F)(F)C2. The van der Waals surface area contributed by atoms with Crippen LogP contribution in [-0.4, -0.2) is 13.0 Å². The maximum absolute atomic E-state index is 13.0. The van der Waals surface area contributed by atoms with Gasteiger partial charge in [0.2, 0.25) is 0 Å². The molecule has 0 amide bonds. The second-order valence-corrected chi connectivity index (χ2v) is 3.67. The van der Waals surface area contributed by atoms with Crippen molar-refractivity contribution in [2.24, 2.45) is 0 Å². The van der Waals surface area contributed by atoms with Gasteiger partial charge in [0.05, 0.1) is 7.11 Å². The topological polar surface area (TPSA) is 9.23 Å². The van der Waals surface area contributed by atoms with Gasteiger partial charge in [0.15, 0.2) is 0 Å². The molecule has 0 aromatic heterocycles. The molecule has 1 aromatic carbocycles. The number of fused-ring (bicyclic) bond motifs is 1. The molecule has 0 spiro atoms. The van der Waals surface area contributed by atoms with Crippen LogP contribution in [0.3, 0.4) is 0 Å². The van der Waals surface area contributed by atoms with Crippen LogP contribution in [-0.2, 0) is 12.8 Å². The molecular formula is C11H12F2O. The molecule has 0 heterocycles. The Labute approximate surface area is 81.7 Å². The van der Waals surface area contributed by atoms with E-state index in [1.54, 1.807) is 19.2 Å². The number of aryl methyl sites for hydroxylation is 1. The van der Waals surface area contributed by atoms with Gasteiger partial charge in [-0.3, -0.25) is 0 Å². The number of hydrogen-bond acceptors (Lipinski definition) is 1. The Kier molecular flexibility index (Phi) is 2.17. The van der Waals surface area contributed by atoms with Crippen molar-refractivity contribution >= 4 is 0 Å². The van der Waals surface area contributed by atoms with E-state index in [2.05, 4.69) is 0 Å². The number of alkyl halides is 2. The van der Waals surface area contributed by atoms with Gasteiger partial charge in [-0.2, -0.15) is 0 Å². The summed E-state index contributed by atoms with van der Waals surface area (Å²) in [6.45, 7) is 0. The summed E-state index contributed by atoms with van der Waals surface area (Å²) < 4.78 is 31.1. The van der Waals surface area contributed by atoms with Crippen molar-refractivity contribution in [2.45, 2.75) is 25.2 Å². The van der Waals surface area contributed by atoms with E-state index in [0.717, 1.165) is 16.9 Å². The highest BCUT2D eigenvalue weighted by Crippen LogP contribution is 2.34. The fourth-order valence-corrected chi connectivity index (χ4v) is 1.82. The molecule has 0 bridgehead atoms. The lowest BCUT2D eigenvalue weighted by molar-refractivity contribution is -0.0122. The minimum Gasteiger partial charge on any atom is -0.497 e. The summed E-state index contributed by atoms with van der Waals surface area (Å²) in [5.74, 6) is -1.78. The molecule has 76 valence electrons. The second kappa shape index (κ2) is 3.23. The average Bonchev–Trinajstić information content (AvgIpc) is 2.16. The predicted molar refractivity (Wildman–Crippen MR) is 50.0 cm³/mol. The Morgan fingerprint density at radius 2 is 2.07 bits per heavy atom. The number of ether oxygens (including phenoxy) is 1. The van der Waals surface area contributed by atoms with Crippen molar-refractivity contribution in [3.8, 4) is 5.75 Å². The van der Waals surface area contributed by atoms with E-state index in [9.17, 15) is 8.78 Å². The van der Waals surface area contributed by atoms with Crippen molar-refractivity contribution < 1.29 is 13.5 Å². The average molecular weight is 198 g/mol. The summed E-state index contributed by atoms with van der Waals surface area (Å²) in [5.41, 5.74) is 1.75. The zero-order valence-electron chi connectivity index (χ0n) is 8.02. The lowest BCUT2D eigenvalue weighted by atomic mass is 9.89.